The van der Waals surface area contributed by atoms with E-state index < -0.39 is 5.54 Å². The Kier molecular flexibility index (Phi) is 2.49. The maximum Gasteiger partial charge on any atom is 0.219 e. The van der Waals surface area contributed by atoms with Crippen LogP contribution in [0.3, 0.4) is 0 Å². The predicted octanol–water partition coefficient (Wildman–Crippen LogP) is 0.797. The Labute approximate surface area is 75.4 Å². The smallest absolute Gasteiger partial charge is 0.219 e. The van der Waals surface area contributed by atoms with Gasteiger partial charge in [0.1, 0.15) is 0 Å². The molecule has 1 heterocycles. The van der Waals surface area contributed by atoms with Gasteiger partial charge in [-0.15, -0.1) is 0 Å². The molecule has 1 amide bonds. The van der Waals surface area contributed by atoms with E-state index in [2.05, 4.69) is 0 Å². The maximum absolute atomic E-state index is 10.7. The Balaban J connectivity index is 2.79. The van der Waals surface area contributed by atoms with E-state index in [1.54, 1.807) is 18.3 Å². The molecule has 0 aliphatic rings. The van der Waals surface area contributed by atoms with Crippen molar-refractivity contribution in [3.63, 3.8) is 0 Å². The number of carbonyl (C=O) groups excluding carboxylic acids is 1. The van der Waals surface area contributed by atoms with Crippen molar-refractivity contribution in [2.45, 2.75) is 18.9 Å². The first-order valence-corrected chi connectivity index (χ1v) is 4.56. The van der Waals surface area contributed by atoms with Crippen molar-refractivity contribution in [3.8, 4) is 0 Å². The van der Waals surface area contributed by atoms with Crippen LogP contribution in [0.2, 0.25) is 0 Å². The summed E-state index contributed by atoms with van der Waals surface area (Å²) in [6, 6.07) is 1.91. The van der Waals surface area contributed by atoms with Gasteiger partial charge in [-0.3, -0.25) is 4.79 Å². The Bertz CT molecular complexity index is 267. The van der Waals surface area contributed by atoms with Crippen LogP contribution in [0.25, 0.3) is 0 Å². The van der Waals surface area contributed by atoms with Gasteiger partial charge in [0.05, 0.1) is 0 Å². The molecule has 0 fully saturated rings. The van der Waals surface area contributed by atoms with Crippen LogP contribution < -0.4 is 11.5 Å². The molecule has 4 heteroatoms. The third kappa shape index (κ3) is 2.06. The lowest BCUT2D eigenvalue weighted by molar-refractivity contribution is -0.119. The highest BCUT2D eigenvalue weighted by atomic mass is 32.1. The summed E-state index contributed by atoms with van der Waals surface area (Å²) >= 11 is 1.56. The number of primary amides is 1. The molecule has 1 atom stereocenters. The zero-order valence-corrected chi connectivity index (χ0v) is 7.73. The molecule has 3 nitrogen and oxygen atoms in total. The molecule has 0 saturated carbocycles. The summed E-state index contributed by atoms with van der Waals surface area (Å²) in [7, 11) is 0. The van der Waals surface area contributed by atoms with Gasteiger partial charge < -0.3 is 11.5 Å². The van der Waals surface area contributed by atoms with Gasteiger partial charge in [0.2, 0.25) is 5.91 Å². The number of hydrogen-bond acceptors (Lipinski definition) is 3. The highest BCUT2D eigenvalue weighted by Crippen LogP contribution is 2.23. The topological polar surface area (TPSA) is 69.1 Å². The minimum absolute atomic E-state index is 0.184. The first-order valence-electron chi connectivity index (χ1n) is 3.62. The van der Waals surface area contributed by atoms with E-state index in [1.165, 1.54) is 0 Å². The molecule has 12 heavy (non-hydrogen) atoms. The van der Waals surface area contributed by atoms with Gasteiger partial charge in [-0.1, -0.05) is 0 Å². The van der Waals surface area contributed by atoms with Gasteiger partial charge in [-0.2, -0.15) is 11.3 Å². The first kappa shape index (κ1) is 9.22. The van der Waals surface area contributed by atoms with E-state index >= 15 is 0 Å². The van der Waals surface area contributed by atoms with E-state index in [9.17, 15) is 4.79 Å². The standard InChI is InChI=1S/C8H12N2OS/c1-8(10,4-7(9)11)6-2-3-12-5-6/h2-3,5H,4,10H2,1H3,(H2,9,11). The van der Waals surface area contributed by atoms with Crippen molar-refractivity contribution in [2.24, 2.45) is 11.5 Å². The van der Waals surface area contributed by atoms with Gasteiger partial charge in [0.15, 0.2) is 0 Å². The summed E-state index contributed by atoms with van der Waals surface area (Å²) in [6.45, 7) is 1.81. The zero-order chi connectivity index (χ0) is 9.19. The van der Waals surface area contributed by atoms with Crippen molar-refractivity contribution in [3.05, 3.63) is 22.4 Å². The molecule has 1 aromatic heterocycles. The molecule has 0 spiro atoms. The number of nitrogens with two attached hydrogens (primary N) is 2. The van der Waals surface area contributed by atoms with E-state index in [0.29, 0.717) is 0 Å². The van der Waals surface area contributed by atoms with Crippen LogP contribution in [0.1, 0.15) is 18.9 Å². The van der Waals surface area contributed by atoms with E-state index in [-0.39, 0.29) is 12.3 Å². The van der Waals surface area contributed by atoms with Crippen LogP contribution >= 0.6 is 11.3 Å². The minimum atomic E-state index is -0.619. The summed E-state index contributed by atoms with van der Waals surface area (Å²) in [4.78, 5) is 10.7. The average Bonchev–Trinajstić information content (AvgIpc) is 2.32. The second kappa shape index (κ2) is 3.25. The maximum atomic E-state index is 10.7. The number of thiophene rings is 1. The number of hydrogen-bond donors (Lipinski definition) is 2. The van der Waals surface area contributed by atoms with Crippen LogP contribution in [-0.4, -0.2) is 5.91 Å². The highest BCUT2D eigenvalue weighted by Gasteiger charge is 2.23. The molecule has 66 valence electrons. The Hall–Kier alpha value is -0.870. The van der Waals surface area contributed by atoms with E-state index in [1.807, 2.05) is 16.8 Å². The summed E-state index contributed by atoms with van der Waals surface area (Å²) in [5.41, 5.74) is 11.3. The van der Waals surface area contributed by atoms with Crippen molar-refractivity contribution in [1.29, 1.82) is 0 Å². The molecule has 1 aromatic rings. The van der Waals surface area contributed by atoms with Gasteiger partial charge in [0, 0.05) is 12.0 Å². The normalized spacial score (nSPS) is 15.5. The van der Waals surface area contributed by atoms with Crippen LogP contribution in [0.5, 0.6) is 0 Å². The van der Waals surface area contributed by atoms with Crippen molar-refractivity contribution in [2.75, 3.05) is 0 Å². The molecule has 0 saturated heterocycles. The van der Waals surface area contributed by atoms with Crippen molar-refractivity contribution < 1.29 is 4.79 Å². The zero-order valence-electron chi connectivity index (χ0n) is 6.91. The second-order valence-corrected chi connectivity index (χ2v) is 3.85. The minimum Gasteiger partial charge on any atom is -0.370 e. The number of carbonyl (C=O) groups is 1. The predicted molar refractivity (Wildman–Crippen MR) is 49.7 cm³/mol. The summed E-state index contributed by atoms with van der Waals surface area (Å²) in [6.07, 6.45) is 0.184. The van der Waals surface area contributed by atoms with Gasteiger partial charge in [-0.25, -0.2) is 0 Å². The Morgan fingerprint density at radius 2 is 2.42 bits per heavy atom. The van der Waals surface area contributed by atoms with E-state index in [0.717, 1.165) is 5.56 Å². The average molecular weight is 184 g/mol. The van der Waals surface area contributed by atoms with Gasteiger partial charge in [-0.05, 0) is 29.3 Å². The Morgan fingerprint density at radius 1 is 1.75 bits per heavy atom. The number of rotatable bonds is 3. The lowest BCUT2D eigenvalue weighted by Crippen LogP contribution is -2.37. The molecule has 0 aromatic carbocycles. The molecule has 1 rings (SSSR count). The molecule has 4 N–H and O–H groups in total. The largest absolute Gasteiger partial charge is 0.370 e. The summed E-state index contributed by atoms with van der Waals surface area (Å²) in [5, 5.41) is 3.87. The molecule has 1 unspecified atom stereocenters. The molecule has 0 aliphatic carbocycles. The van der Waals surface area contributed by atoms with Gasteiger partial charge >= 0.3 is 0 Å². The third-order valence-electron chi connectivity index (χ3n) is 1.72. The SMILES string of the molecule is CC(N)(CC(N)=O)c1ccsc1. The highest BCUT2D eigenvalue weighted by molar-refractivity contribution is 7.08. The second-order valence-electron chi connectivity index (χ2n) is 3.07. The van der Waals surface area contributed by atoms with Gasteiger partial charge in [0.25, 0.3) is 0 Å². The quantitative estimate of drug-likeness (QED) is 0.729. The Morgan fingerprint density at radius 3 is 2.83 bits per heavy atom. The third-order valence-corrected chi connectivity index (χ3v) is 2.41. The molecule has 0 bridgehead atoms. The fourth-order valence-electron chi connectivity index (χ4n) is 1.05. The van der Waals surface area contributed by atoms with E-state index in [4.69, 9.17) is 11.5 Å². The van der Waals surface area contributed by atoms with Crippen molar-refractivity contribution >= 4 is 17.2 Å². The molecular weight excluding hydrogens is 172 g/mol. The fourth-order valence-corrected chi connectivity index (χ4v) is 1.85. The summed E-state index contributed by atoms with van der Waals surface area (Å²) < 4.78 is 0. The van der Waals surface area contributed by atoms with Crippen LogP contribution in [0, 0.1) is 0 Å². The fraction of sp³-hybridized carbons (Fsp3) is 0.375. The lowest BCUT2D eigenvalue weighted by atomic mass is 9.92. The molecular formula is C8H12N2OS. The first-order chi connectivity index (χ1) is 5.52. The molecule has 0 radical (unpaired) electrons. The summed E-state index contributed by atoms with van der Waals surface area (Å²) in [5.74, 6) is -0.369. The van der Waals surface area contributed by atoms with Crippen LogP contribution in [0.15, 0.2) is 16.8 Å². The number of amides is 1. The molecule has 0 aliphatic heterocycles. The van der Waals surface area contributed by atoms with Crippen LogP contribution in [0.4, 0.5) is 0 Å². The monoisotopic (exact) mass is 184 g/mol. The van der Waals surface area contributed by atoms with Crippen LogP contribution in [-0.2, 0) is 10.3 Å². The lowest BCUT2D eigenvalue weighted by Gasteiger charge is -2.21. The van der Waals surface area contributed by atoms with Crippen molar-refractivity contribution in [1.82, 2.24) is 0 Å².